The molecule has 7 nitrogen and oxygen atoms in total. The van der Waals surface area contributed by atoms with Crippen LogP contribution < -0.4 is 5.32 Å². The van der Waals surface area contributed by atoms with Crippen molar-refractivity contribution in [2.45, 2.75) is 17.2 Å². The number of nitrogens with one attached hydrogen (secondary N) is 1. The van der Waals surface area contributed by atoms with Gasteiger partial charge < -0.3 is 21.0 Å². The largest absolute Gasteiger partial charge is 0.504 e. The molecule has 0 spiro atoms. The second kappa shape index (κ2) is 9.43. The fourth-order valence-electron chi connectivity index (χ4n) is 3.20. The molecule has 5 N–H and O–H groups in total. The molecule has 2 aromatic carbocycles. The molecule has 3 rings (SSSR count). The Morgan fingerprint density at radius 2 is 1.79 bits per heavy atom. The van der Waals surface area contributed by atoms with Gasteiger partial charge in [0.2, 0.25) is 10.0 Å². The third kappa shape index (κ3) is 4.45. The molecule has 0 radical (unpaired) electrons. The standard InChI is InChI=1S/C18H21ClN2O4S.BrH.H2O/c1-21(2)26(24,25)12-5-3-11(4-6-12)15-10-20-8-7-13-14(15)9-16(22)18(23)17(13)19;;/h3-6,9,15,20,22-23H,7-8,10H2,1-2H3;1H;1H2. The number of halogens is 2. The fourth-order valence-corrected chi connectivity index (χ4v) is 4.40. The monoisotopic (exact) mass is 494 g/mol. The van der Waals surface area contributed by atoms with Crippen LogP contribution in [0, 0.1) is 0 Å². The van der Waals surface area contributed by atoms with E-state index in [0.29, 0.717) is 19.5 Å². The van der Waals surface area contributed by atoms with E-state index in [1.54, 1.807) is 30.3 Å². The van der Waals surface area contributed by atoms with Gasteiger partial charge in [-0.3, -0.25) is 0 Å². The summed E-state index contributed by atoms with van der Waals surface area (Å²) in [5, 5.41) is 23.4. The van der Waals surface area contributed by atoms with Gasteiger partial charge in [0.1, 0.15) is 0 Å². The molecule has 1 heterocycles. The van der Waals surface area contributed by atoms with Gasteiger partial charge in [-0.1, -0.05) is 23.7 Å². The average molecular weight is 496 g/mol. The van der Waals surface area contributed by atoms with Crippen molar-refractivity contribution in [3.63, 3.8) is 0 Å². The Morgan fingerprint density at radius 1 is 1.18 bits per heavy atom. The summed E-state index contributed by atoms with van der Waals surface area (Å²) in [5.74, 6) is -0.682. The maximum atomic E-state index is 12.2. The summed E-state index contributed by atoms with van der Waals surface area (Å²) in [6.45, 7) is 1.31. The predicted molar refractivity (Wildman–Crippen MR) is 114 cm³/mol. The van der Waals surface area contributed by atoms with Crippen molar-refractivity contribution in [3.8, 4) is 11.5 Å². The van der Waals surface area contributed by atoms with Crippen molar-refractivity contribution in [3.05, 3.63) is 52.0 Å². The zero-order valence-electron chi connectivity index (χ0n) is 15.4. The van der Waals surface area contributed by atoms with E-state index < -0.39 is 10.0 Å². The molecule has 10 heteroatoms. The first-order valence-electron chi connectivity index (χ1n) is 8.20. The van der Waals surface area contributed by atoms with Crippen molar-refractivity contribution >= 4 is 38.6 Å². The fraction of sp³-hybridized carbons (Fsp3) is 0.333. The zero-order chi connectivity index (χ0) is 19.1. The molecule has 0 aliphatic carbocycles. The third-order valence-electron chi connectivity index (χ3n) is 4.69. The number of aromatic hydroxyl groups is 2. The molecule has 0 amide bonds. The second-order valence-corrected chi connectivity index (χ2v) is 9.02. The lowest BCUT2D eigenvalue weighted by molar-refractivity contribution is 0.402. The predicted octanol–water partition coefficient (Wildman–Crippen LogP) is 2.03. The summed E-state index contributed by atoms with van der Waals surface area (Å²) < 4.78 is 25.6. The van der Waals surface area contributed by atoms with Gasteiger partial charge in [-0.2, -0.15) is 0 Å². The van der Waals surface area contributed by atoms with Crippen LogP contribution in [-0.2, 0) is 16.4 Å². The van der Waals surface area contributed by atoms with Crippen molar-refractivity contribution in [1.29, 1.82) is 0 Å². The lowest BCUT2D eigenvalue weighted by Crippen LogP contribution is -2.23. The minimum absolute atomic E-state index is 0. The second-order valence-electron chi connectivity index (χ2n) is 6.49. The molecule has 1 unspecified atom stereocenters. The molecule has 1 aliphatic rings. The molecular weight excluding hydrogens is 472 g/mol. The lowest BCUT2D eigenvalue weighted by Gasteiger charge is -2.20. The number of hydrogen-bond donors (Lipinski definition) is 3. The van der Waals surface area contributed by atoms with E-state index in [2.05, 4.69) is 5.32 Å². The highest BCUT2D eigenvalue weighted by Crippen LogP contribution is 2.42. The van der Waals surface area contributed by atoms with E-state index in [1.807, 2.05) is 0 Å². The number of phenols is 2. The van der Waals surface area contributed by atoms with Crippen LogP contribution in [-0.4, -0.2) is 55.6 Å². The SMILES string of the molecule is Br.CN(C)S(=O)(=O)c1ccc(C2CNCCc3c2cc(O)c(O)c3Cl)cc1.O. The van der Waals surface area contributed by atoms with Crippen LogP contribution in [0.25, 0.3) is 0 Å². The van der Waals surface area contributed by atoms with Crippen LogP contribution in [0.2, 0.25) is 5.02 Å². The van der Waals surface area contributed by atoms with E-state index in [0.717, 1.165) is 16.7 Å². The van der Waals surface area contributed by atoms with Crippen molar-refractivity contribution in [2.75, 3.05) is 27.2 Å². The average Bonchev–Trinajstić information content (AvgIpc) is 2.82. The van der Waals surface area contributed by atoms with Gasteiger partial charge in [0.15, 0.2) is 11.5 Å². The summed E-state index contributed by atoms with van der Waals surface area (Å²) in [6, 6.07) is 8.25. The van der Waals surface area contributed by atoms with Gasteiger partial charge in [-0.25, -0.2) is 12.7 Å². The van der Waals surface area contributed by atoms with E-state index in [1.165, 1.54) is 18.4 Å². The molecule has 0 saturated heterocycles. The van der Waals surface area contributed by atoms with Gasteiger partial charge in [-0.05, 0) is 47.9 Å². The maximum absolute atomic E-state index is 12.2. The van der Waals surface area contributed by atoms with E-state index in [4.69, 9.17) is 11.6 Å². The highest BCUT2D eigenvalue weighted by molar-refractivity contribution is 8.93. The highest BCUT2D eigenvalue weighted by atomic mass is 79.9. The summed E-state index contributed by atoms with van der Waals surface area (Å²) in [5.41, 5.74) is 2.53. The molecule has 0 fully saturated rings. The molecule has 0 bridgehead atoms. The first-order chi connectivity index (χ1) is 12.2. The van der Waals surface area contributed by atoms with Gasteiger partial charge in [0, 0.05) is 26.6 Å². The van der Waals surface area contributed by atoms with Crippen molar-refractivity contribution in [1.82, 2.24) is 9.62 Å². The normalized spacial score (nSPS) is 16.5. The molecule has 156 valence electrons. The Morgan fingerprint density at radius 3 is 2.36 bits per heavy atom. The smallest absolute Gasteiger partial charge is 0.242 e. The molecule has 0 aromatic heterocycles. The summed E-state index contributed by atoms with van der Waals surface area (Å²) in [4.78, 5) is 0.222. The van der Waals surface area contributed by atoms with Gasteiger partial charge in [0.05, 0.1) is 9.92 Å². The Labute approximate surface area is 180 Å². The molecule has 2 aromatic rings. The van der Waals surface area contributed by atoms with E-state index in [9.17, 15) is 18.6 Å². The Hall–Kier alpha value is -1.36. The summed E-state index contributed by atoms with van der Waals surface area (Å²) in [6.07, 6.45) is 0.631. The molecule has 1 aliphatic heterocycles. The number of rotatable bonds is 3. The van der Waals surface area contributed by atoms with Crippen LogP contribution in [0.4, 0.5) is 0 Å². The minimum atomic E-state index is -3.49. The first-order valence-corrected chi connectivity index (χ1v) is 10.0. The van der Waals surface area contributed by atoms with Crippen LogP contribution in [0.1, 0.15) is 22.6 Å². The first kappa shape index (κ1) is 24.7. The van der Waals surface area contributed by atoms with E-state index >= 15 is 0 Å². The molecule has 0 saturated carbocycles. The lowest BCUT2D eigenvalue weighted by atomic mass is 9.87. The quantitative estimate of drug-likeness (QED) is 0.563. The van der Waals surface area contributed by atoms with Crippen molar-refractivity contribution < 1.29 is 24.1 Å². The van der Waals surface area contributed by atoms with Crippen molar-refractivity contribution in [2.24, 2.45) is 0 Å². The Balaban J connectivity index is 0.00000196. The third-order valence-corrected chi connectivity index (χ3v) is 6.93. The number of fused-ring (bicyclic) bond motifs is 1. The number of hydrogen-bond acceptors (Lipinski definition) is 5. The topological polar surface area (TPSA) is 121 Å². The van der Waals surface area contributed by atoms with Gasteiger partial charge in [0.25, 0.3) is 0 Å². The van der Waals surface area contributed by atoms with Crippen LogP contribution in [0.5, 0.6) is 11.5 Å². The highest BCUT2D eigenvalue weighted by Gasteiger charge is 2.26. The number of nitrogens with zero attached hydrogens (tertiary/aromatic N) is 1. The van der Waals surface area contributed by atoms with E-state index in [-0.39, 0.29) is 49.8 Å². The van der Waals surface area contributed by atoms with Crippen LogP contribution in [0.15, 0.2) is 35.2 Å². The zero-order valence-corrected chi connectivity index (χ0v) is 18.7. The molecular formula is C18H24BrClN2O5S. The minimum Gasteiger partial charge on any atom is -0.504 e. The summed E-state index contributed by atoms with van der Waals surface area (Å²) >= 11 is 6.24. The number of phenolic OH excluding ortho intramolecular Hbond substituents is 2. The van der Waals surface area contributed by atoms with Crippen LogP contribution >= 0.6 is 28.6 Å². The maximum Gasteiger partial charge on any atom is 0.242 e. The Bertz CT molecular complexity index is 936. The summed E-state index contributed by atoms with van der Waals surface area (Å²) in [7, 11) is -0.504. The Kier molecular flexibility index (Phi) is 8.31. The van der Waals surface area contributed by atoms with Gasteiger partial charge >= 0.3 is 0 Å². The number of benzene rings is 2. The number of sulfonamides is 1. The van der Waals surface area contributed by atoms with Crippen LogP contribution in [0.3, 0.4) is 0 Å². The molecule has 28 heavy (non-hydrogen) atoms. The van der Waals surface area contributed by atoms with Gasteiger partial charge in [-0.15, -0.1) is 17.0 Å². The molecule has 1 atom stereocenters.